The third-order valence-corrected chi connectivity index (χ3v) is 3.73. The monoisotopic (exact) mass is 372 g/mol. The fourth-order valence-corrected chi connectivity index (χ4v) is 2.35. The molecule has 2 aromatic carbocycles. The summed E-state index contributed by atoms with van der Waals surface area (Å²) in [4.78, 5) is 23.8. The lowest BCUT2D eigenvalue weighted by atomic mass is 10.0. The second kappa shape index (κ2) is 10.3. The van der Waals surface area contributed by atoms with Crippen LogP contribution in [0.15, 0.2) is 48.5 Å². The molecule has 0 bridgehead atoms. The van der Waals surface area contributed by atoms with Gasteiger partial charge in [-0.15, -0.1) is 0 Å². The highest BCUT2D eigenvalue weighted by molar-refractivity contribution is 5.89. The van der Waals surface area contributed by atoms with Gasteiger partial charge in [0.05, 0.1) is 12.2 Å². The molecule has 0 fully saturated rings. The molecule has 0 aliphatic carbocycles. The molecule has 0 radical (unpaired) electrons. The molecule has 0 saturated heterocycles. The van der Waals surface area contributed by atoms with Crippen LogP contribution in [0.2, 0.25) is 0 Å². The number of ether oxygens (including phenoxy) is 4. The summed E-state index contributed by atoms with van der Waals surface area (Å²) < 4.78 is 20.7. The summed E-state index contributed by atoms with van der Waals surface area (Å²) in [5.41, 5.74) is 1.40. The zero-order chi connectivity index (χ0) is 19.6. The maximum atomic E-state index is 12.0. The molecule has 0 unspecified atom stereocenters. The minimum Gasteiger partial charge on any atom is -0.482 e. The number of carbonyl (C=O) groups is 2. The fourth-order valence-electron chi connectivity index (χ4n) is 2.35. The molecule has 0 N–H and O–H groups in total. The van der Waals surface area contributed by atoms with Crippen LogP contribution in [0.5, 0.6) is 11.5 Å². The van der Waals surface area contributed by atoms with Gasteiger partial charge >= 0.3 is 11.9 Å². The van der Waals surface area contributed by atoms with Crippen molar-refractivity contribution in [2.45, 2.75) is 19.8 Å². The number of para-hydroxylation sites is 1. The van der Waals surface area contributed by atoms with E-state index in [-0.39, 0.29) is 19.1 Å². The van der Waals surface area contributed by atoms with E-state index < -0.39 is 11.9 Å². The molecule has 6 heteroatoms. The van der Waals surface area contributed by atoms with Gasteiger partial charge in [0.1, 0.15) is 18.1 Å². The Hall–Kier alpha value is -2.86. The minimum atomic E-state index is -0.524. The Morgan fingerprint density at radius 1 is 0.963 bits per heavy atom. The molecule has 0 saturated carbocycles. The molecule has 144 valence electrons. The smallest absolute Gasteiger partial charge is 0.349 e. The summed E-state index contributed by atoms with van der Waals surface area (Å²) in [6, 6.07) is 13.7. The Labute approximate surface area is 159 Å². The van der Waals surface area contributed by atoms with Crippen molar-refractivity contribution in [3.63, 3.8) is 0 Å². The van der Waals surface area contributed by atoms with Gasteiger partial charge < -0.3 is 18.9 Å². The number of benzene rings is 2. The Kier molecular flexibility index (Phi) is 7.82. The normalized spacial score (nSPS) is 10.5. The summed E-state index contributed by atoms with van der Waals surface area (Å²) in [7, 11) is 1.53. The Morgan fingerprint density at radius 2 is 1.67 bits per heavy atom. The van der Waals surface area contributed by atoms with Gasteiger partial charge in [0, 0.05) is 7.11 Å². The molecular weight excluding hydrogens is 348 g/mol. The quantitative estimate of drug-likeness (QED) is 0.380. The molecule has 6 nitrogen and oxygen atoms in total. The van der Waals surface area contributed by atoms with E-state index >= 15 is 0 Å². The summed E-state index contributed by atoms with van der Waals surface area (Å²) >= 11 is 0. The van der Waals surface area contributed by atoms with Crippen molar-refractivity contribution in [3.05, 3.63) is 59.7 Å². The van der Waals surface area contributed by atoms with Crippen molar-refractivity contribution in [3.8, 4) is 11.5 Å². The lowest BCUT2D eigenvalue weighted by Crippen LogP contribution is -2.18. The van der Waals surface area contributed by atoms with Crippen molar-refractivity contribution in [1.82, 2.24) is 0 Å². The highest BCUT2D eigenvalue weighted by atomic mass is 16.6. The molecule has 0 aliphatic heterocycles. The summed E-state index contributed by atoms with van der Waals surface area (Å²) in [6.45, 7) is 4.43. The van der Waals surface area contributed by atoms with Crippen LogP contribution in [-0.4, -0.2) is 38.9 Å². The summed E-state index contributed by atoms with van der Waals surface area (Å²) in [5, 5.41) is 0. The van der Waals surface area contributed by atoms with Crippen LogP contribution < -0.4 is 9.47 Å². The minimum absolute atomic E-state index is 0.182. The fraction of sp³-hybridized carbons (Fsp3) is 0.333. The van der Waals surface area contributed by atoms with Gasteiger partial charge in [0.15, 0.2) is 6.61 Å². The molecule has 2 rings (SSSR count). The van der Waals surface area contributed by atoms with E-state index in [0.29, 0.717) is 23.7 Å². The Bertz CT molecular complexity index is 752. The third-order valence-electron chi connectivity index (χ3n) is 3.73. The SMILES string of the molecule is COCCOC(=O)c1ccc(OC(=O)COc2ccccc2C(C)C)cc1. The largest absolute Gasteiger partial charge is 0.482 e. The molecule has 0 spiro atoms. The maximum absolute atomic E-state index is 12.0. The third kappa shape index (κ3) is 6.42. The van der Waals surface area contributed by atoms with Gasteiger partial charge in [-0.2, -0.15) is 0 Å². The van der Waals surface area contributed by atoms with Gasteiger partial charge in [-0.05, 0) is 41.8 Å². The van der Waals surface area contributed by atoms with E-state index in [1.54, 1.807) is 0 Å². The van der Waals surface area contributed by atoms with Crippen molar-refractivity contribution in [2.24, 2.45) is 0 Å². The first-order valence-electron chi connectivity index (χ1n) is 8.69. The van der Waals surface area contributed by atoms with Crippen LogP contribution in [0.3, 0.4) is 0 Å². The second-order valence-corrected chi connectivity index (χ2v) is 6.11. The van der Waals surface area contributed by atoms with Crippen molar-refractivity contribution >= 4 is 11.9 Å². The number of rotatable bonds is 9. The first kappa shape index (κ1) is 20.5. The van der Waals surface area contributed by atoms with Crippen LogP contribution in [0.4, 0.5) is 0 Å². The van der Waals surface area contributed by atoms with Crippen LogP contribution in [0.1, 0.15) is 35.7 Å². The molecule has 2 aromatic rings. The maximum Gasteiger partial charge on any atom is 0.349 e. The summed E-state index contributed by atoms with van der Waals surface area (Å²) in [6.07, 6.45) is 0. The van der Waals surface area contributed by atoms with Crippen molar-refractivity contribution < 1.29 is 28.5 Å². The van der Waals surface area contributed by atoms with Crippen molar-refractivity contribution in [2.75, 3.05) is 26.9 Å². The number of hydrogen-bond acceptors (Lipinski definition) is 6. The topological polar surface area (TPSA) is 71.1 Å². The molecule has 0 aromatic heterocycles. The Morgan fingerprint density at radius 3 is 2.33 bits per heavy atom. The zero-order valence-corrected chi connectivity index (χ0v) is 15.8. The standard InChI is InChI=1S/C21H24O6/c1-15(2)18-6-4-5-7-19(18)26-14-20(22)27-17-10-8-16(9-11-17)21(23)25-13-12-24-3/h4-11,15H,12-14H2,1-3H3. The molecule has 0 amide bonds. The van der Waals surface area contributed by atoms with Gasteiger partial charge in [0.2, 0.25) is 0 Å². The first-order valence-corrected chi connectivity index (χ1v) is 8.69. The van der Waals surface area contributed by atoms with Crippen LogP contribution in [0, 0.1) is 0 Å². The average Bonchev–Trinajstić information content (AvgIpc) is 2.67. The number of esters is 2. The first-order chi connectivity index (χ1) is 13.0. The van der Waals surface area contributed by atoms with Crippen LogP contribution >= 0.6 is 0 Å². The van der Waals surface area contributed by atoms with Crippen molar-refractivity contribution in [1.29, 1.82) is 0 Å². The zero-order valence-electron chi connectivity index (χ0n) is 15.8. The number of carbonyl (C=O) groups excluding carboxylic acids is 2. The second-order valence-electron chi connectivity index (χ2n) is 6.11. The van der Waals surface area contributed by atoms with Crippen LogP contribution in [0.25, 0.3) is 0 Å². The van der Waals surface area contributed by atoms with Crippen LogP contribution in [-0.2, 0) is 14.3 Å². The molecule has 0 heterocycles. The van der Waals surface area contributed by atoms with Gasteiger partial charge in [-0.25, -0.2) is 9.59 Å². The number of methoxy groups -OCH3 is 1. The van der Waals surface area contributed by atoms with E-state index in [9.17, 15) is 9.59 Å². The van der Waals surface area contributed by atoms with E-state index in [0.717, 1.165) is 5.56 Å². The molecule has 27 heavy (non-hydrogen) atoms. The average molecular weight is 372 g/mol. The summed E-state index contributed by atoms with van der Waals surface area (Å²) in [5.74, 6) is 0.295. The van der Waals surface area contributed by atoms with Gasteiger partial charge in [-0.3, -0.25) is 0 Å². The predicted octanol–water partition coefficient (Wildman–Crippen LogP) is 3.60. The highest BCUT2D eigenvalue weighted by Gasteiger charge is 2.12. The van der Waals surface area contributed by atoms with E-state index in [1.165, 1.54) is 31.4 Å². The van der Waals surface area contributed by atoms with Gasteiger partial charge in [0.25, 0.3) is 0 Å². The molecular formula is C21H24O6. The van der Waals surface area contributed by atoms with E-state index in [1.807, 2.05) is 24.3 Å². The molecule has 0 atom stereocenters. The highest BCUT2D eigenvalue weighted by Crippen LogP contribution is 2.25. The van der Waals surface area contributed by atoms with E-state index in [4.69, 9.17) is 18.9 Å². The Balaban J connectivity index is 1.86. The molecule has 0 aliphatic rings. The van der Waals surface area contributed by atoms with E-state index in [2.05, 4.69) is 13.8 Å². The predicted molar refractivity (Wildman–Crippen MR) is 100 cm³/mol. The van der Waals surface area contributed by atoms with Gasteiger partial charge in [-0.1, -0.05) is 32.0 Å². The lowest BCUT2D eigenvalue weighted by Gasteiger charge is -2.13. The number of hydrogen-bond donors (Lipinski definition) is 0. The lowest BCUT2D eigenvalue weighted by molar-refractivity contribution is -0.136.